The minimum atomic E-state index is 0.205. The monoisotopic (exact) mass is 412 g/mol. The first-order valence-corrected chi connectivity index (χ1v) is 10.1. The van der Waals surface area contributed by atoms with E-state index in [2.05, 4.69) is 59.0 Å². The normalized spacial score (nSPS) is 11.0. The number of nitrogens with zero attached hydrogens (tertiary/aromatic N) is 1. The third kappa shape index (κ3) is 4.01. The van der Waals surface area contributed by atoms with E-state index < -0.39 is 0 Å². The quantitative estimate of drug-likeness (QED) is 0.523. The second kappa shape index (κ2) is 8.54. The molecule has 3 nitrogen and oxygen atoms in total. The molecule has 0 spiro atoms. The molecule has 0 aliphatic carbocycles. The van der Waals surface area contributed by atoms with Crippen LogP contribution in [0.2, 0.25) is 0 Å². The number of rotatable bonds is 7. The highest BCUT2D eigenvalue weighted by Crippen LogP contribution is 2.31. The summed E-state index contributed by atoms with van der Waals surface area (Å²) in [6.07, 6.45) is 2.40. The topological polar surface area (TPSA) is 36.1 Å². The van der Waals surface area contributed by atoms with Gasteiger partial charge in [-0.3, -0.25) is 4.79 Å². The lowest BCUT2D eigenvalue weighted by Crippen LogP contribution is -2.33. The first-order valence-electron chi connectivity index (χ1n) is 9.27. The van der Waals surface area contributed by atoms with Crippen molar-refractivity contribution in [1.29, 1.82) is 0 Å². The fourth-order valence-corrected chi connectivity index (χ4v) is 3.68. The SMILES string of the molecule is CCCN(CCC)C(=O)Cc1c(-c2ccc(Br)cc2)[nH]c2ccccc12. The molecule has 0 saturated carbocycles. The Kier molecular flexibility index (Phi) is 6.15. The van der Waals surface area contributed by atoms with Crippen LogP contribution in [0.4, 0.5) is 0 Å². The molecule has 2 aromatic carbocycles. The van der Waals surface area contributed by atoms with E-state index in [1.807, 2.05) is 29.2 Å². The molecule has 1 amide bonds. The van der Waals surface area contributed by atoms with Crippen molar-refractivity contribution < 1.29 is 4.79 Å². The van der Waals surface area contributed by atoms with Gasteiger partial charge < -0.3 is 9.88 Å². The standard InChI is InChI=1S/C22H25BrN2O/c1-3-13-25(14-4-2)21(26)15-19-18-7-5-6-8-20(18)24-22(19)16-9-11-17(23)12-10-16/h5-12,24H,3-4,13-15H2,1-2H3. The zero-order chi connectivity index (χ0) is 18.5. The molecule has 3 rings (SSSR count). The summed E-state index contributed by atoms with van der Waals surface area (Å²) < 4.78 is 1.05. The summed E-state index contributed by atoms with van der Waals surface area (Å²) in [4.78, 5) is 18.5. The summed E-state index contributed by atoms with van der Waals surface area (Å²) in [7, 11) is 0. The van der Waals surface area contributed by atoms with Crippen molar-refractivity contribution in [2.45, 2.75) is 33.1 Å². The number of carbonyl (C=O) groups excluding carboxylic acids is 1. The van der Waals surface area contributed by atoms with E-state index in [4.69, 9.17) is 0 Å². The highest BCUT2D eigenvalue weighted by atomic mass is 79.9. The van der Waals surface area contributed by atoms with E-state index in [1.165, 1.54) is 0 Å². The number of hydrogen-bond acceptors (Lipinski definition) is 1. The molecular weight excluding hydrogens is 388 g/mol. The molecular formula is C22H25BrN2O. The molecule has 0 bridgehead atoms. The first kappa shape index (κ1) is 18.7. The van der Waals surface area contributed by atoms with Gasteiger partial charge in [0.25, 0.3) is 0 Å². The molecule has 26 heavy (non-hydrogen) atoms. The van der Waals surface area contributed by atoms with E-state index in [-0.39, 0.29) is 5.91 Å². The Balaban J connectivity index is 2.01. The van der Waals surface area contributed by atoms with Gasteiger partial charge in [-0.1, -0.05) is 60.1 Å². The lowest BCUT2D eigenvalue weighted by molar-refractivity contribution is -0.130. The molecule has 4 heteroatoms. The molecule has 0 unspecified atom stereocenters. The molecule has 0 atom stereocenters. The van der Waals surface area contributed by atoms with Gasteiger partial charge in [-0.2, -0.15) is 0 Å². The zero-order valence-corrected chi connectivity index (χ0v) is 17.0. The highest BCUT2D eigenvalue weighted by Gasteiger charge is 2.19. The summed E-state index contributed by atoms with van der Waals surface area (Å²) >= 11 is 3.49. The fourth-order valence-electron chi connectivity index (χ4n) is 3.41. The number of aromatic amines is 1. The van der Waals surface area contributed by atoms with E-state index in [0.717, 1.165) is 58.1 Å². The average molecular weight is 413 g/mol. The largest absolute Gasteiger partial charge is 0.354 e. The number of para-hydroxylation sites is 1. The summed E-state index contributed by atoms with van der Waals surface area (Å²) in [6, 6.07) is 16.5. The number of aromatic nitrogens is 1. The number of fused-ring (bicyclic) bond motifs is 1. The maximum Gasteiger partial charge on any atom is 0.227 e. The zero-order valence-electron chi connectivity index (χ0n) is 15.4. The Morgan fingerprint density at radius 3 is 2.31 bits per heavy atom. The van der Waals surface area contributed by atoms with Crippen LogP contribution < -0.4 is 0 Å². The predicted molar refractivity (Wildman–Crippen MR) is 112 cm³/mol. The molecule has 0 aliphatic rings. The van der Waals surface area contributed by atoms with Crippen molar-refractivity contribution in [3.05, 3.63) is 58.6 Å². The summed E-state index contributed by atoms with van der Waals surface area (Å²) in [5.41, 5.74) is 4.31. The van der Waals surface area contributed by atoms with E-state index in [1.54, 1.807) is 0 Å². The Hall–Kier alpha value is -2.07. The van der Waals surface area contributed by atoms with Gasteiger partial charge in [0.1, 0.15) is 0 Å². The number of H-pyrrole nitrogens is 1. The third-order valence-corrected chi connectivity index (χ3v) is 5.14. The van der Waals surface area contributed by atoms with Crippen LogP contribution in [-0.4, -0.2) is 28.9 Å². The van der Waals surface area contributed by atoms with Crippen molar-refractivity contribution >= 4 is 32.7 Å². The Morgan fingerprint density at radius 1 is 1.00 bits per heavy atom. The van der Waals surface area contributed by atoms with Crippen LogP contribution in [0.3, 0.4) is 0 Å². The minimum Gasteiger partial charge on any atom is -0.354 e. The molecule has 3 aromatic rings. The number of halogens is 1. The molecule has 136 valence electrons. The van der Waals surface area contributed by atoms with Gasteiger partial charge in [-0.25, -0.2) is 0 Å². The van der Waals surface area contributed by atoms with E-state index >= 15 is 0 Å². The van der Waals surface area contributed by atoms with Crippen LogP contribution in [0, 0.1) is 0 Å². The molecule has 0 aliphatic heterocycles. The highest BCUT2D eigenvalue weighted by molar-refractivity contribution is 9.10. The van der Waals surface area contributed by atoms with Crippen molar-refractivity contribution in [2.24, 2.45) is 0 Å². The second-order valence-electron chi connectivity index (χ2n) is 6.59. The molecule has 0 radical (unpaired) electrons. The molecule has 1 heterocycles. The summed E-state index contributed by atoms with van der Waals surface area (Å²) in [5.74, 6) is 0.205. The van der Waals surface area contributed by atoms with Gasteiger partial charge in [0, 0.05) is 28.5 Å². The van der Waals surface area contributed by atoms with Crippen LogP contribution >= 0.6 is 15.9 Å². The van der Waals surface area contributed by atoms with Gasteiger partial charge in [0.2, 0.25) is 5.91 Å². The van der Waals surface area contributed by atoms with Crippen LogP contribution in [0.15, 0.2) is 53.0 Å². The summed E-state index contributed by atoms with van der Waals surface area (Å²) in [6.45, 7) is 5.88. The smallest absolute Gasteiger partial charge is 0.227 e. The third-order valence-electron chi connectivity index (χ3n) is 4.61. The number of amides is 1. The van der Waals surface area contributed by atoms with Gasteiger partial charge >= 0.3 is 0 Å². The second-order valence-corrected chi connectivity index (χ2v) is 7.50. The molecule has 0 saturated heterocycles. The molecule has 0 fully saturated rings. The van der Waals surface area contributed by atoms with Crippen LogP contribution in [0.5, 0.6) is 0 Å². The van der Waals surface area contributed by atoms with Crippen molar-refractivity contribution in [1.82, 2.24) is 9.88 Å². The van der Waals surface area contributed by atoms with Gasteiger partial charge in [-0.05, 0) is 42.2 Å². The first-order chi connectivity index (χ1) is 12.6. The number of benzene rings is 2. The Bertz CT molecular complexity index is 877. The van der Waals surface area contributed by atoms with Crippen molar-refractivity contribution in [3.8, 4) is 11.3 Å². The van der Waals surface area contributed by atoms with Crippen molar-refractivity contribution in [2.75, 3.05) is 13.1 Å². The lowest BCUT2D eigenvalue weighted by Gasteiger charge is -2.21. The number of carbonyl (C=O) groups is 1. The van der Waals surface area contributed by atoms with Crippen LogP contribution in [0.25, 0.3) is 22.2 Å². The van der Waals surface area contributed by atoms with Crippen LogP contribution in [0.1, 0.15) is 32.3 Å². The van der Waals surface area contributed by atoms with Gasteiger partial charge in [-0.15, -0.1) is 0 Å². The van der Waals surface area contributed by atoms with Gasteiger partial charge in [0.15, 0.2) is 0 Å². The summed E-state index contributed by atoms with van der Waals surface area (Å²) in [5, 5.41) is 1.13. The molecule has 1 aromatic heterocycles. The average Bonchev–Trinajstić information content (AvgIpc) is 3.01. The minimum absolute atomic E-state index is 0.205. The van der Waals surface area contributed by atoms with Crippen molar-refractivity contribution in [3.63, 3.8) is 0 Å². The van der Waals surface area contributed by atoms with Gasteiger partial charge in [0.05, 0.1) is 12.1 Å². The number of nitrogens with one attached hydrogen (secondary N) is 1. The van der Waals surface area contributed by atoms with E-state index in [0.29, 0.717) is 6.42 Å². The predicted octanol–water partition coefficient (Wildman–Crippen LogP) is 5.79. The maximum absolute atomic E-state index is 13.0. The maximum atomic E-state index is 13.0. The Labute approximate surface area is 163 Å². The Morgan fingerprint density at radius 2 is 1.65 bits per heavy atom. The molecule has 1 N–H and O–H groups in total. The van der Waals surface area contributed by atoms with Crippen LogP contribution in [-0.2, 0) is 11.2 Å². The fraction of sp³-hybridized carbons (Fsp3) is 0.318. The van der Waals surface area contributed by atoms with E-state index in [9.17, 15) is 4.79 Å². The number of hydrogen-bond donors (Lipinski definition) is 1. The lowest BCUT2D eigenvalue weighted by atomic mass is 10.0.